The number of nitrogens with one attached hydrogen (secondary N) is 2. The van der Waals surface area contributed by atoms with Crippen molar-refractivity contribution in [2.24, 2.45) is 0 Å². The van der Waals surface area contributed by atoms with Crippen LogP contribution >= 0.6 is 11.8 Å². The first-order valence-electron chi connectivity index (χ1n) is 9.29. The average Bonchev–Trinajstić information content (AvgIpc) is 2.66. The molecule has 0 aliphatic heterocycles. The number of carbonyl (C=O) groups excluding carboxylic acids is 1. The van der Waals surface area contributed by atoms with Crippen LogP contribution in [0.4, 0.5) is 5.69 Å². The highest BCUT2D eigenvalue weighted by atomic mass is 32.2. The molecule has 2 aromatic rings. The molecule has 0 saturated heterocycles. The lowest BCUT2D eigenvalue weighted by Crippen LogP contribution is -2.22. The number of hydrogen-bond donors (Lipinski definition) is 2. The number of carbonyl (C=O) groups is 1. The molecule has 0 fully saturated rings. The van der Waals surface area contributed by atoms with Crippen molar-refractivity contribution in [1.82, 2.24) is 9.97 Å². The van der Waals surface area contributed by atoms with Crippen molar-refractivity contribution in [1.29, 1.82) is 0 Å². The molecule has 0 bridgehead atoms. The molecule has 1 aromatic carbocycles. The van der Waals surface area contributed by atoms with E-state index in [1.54, 1.807) is 0 Å². The maximum Gasteiger partial charge on any atom is 0.254 e. The van der Waals surface area contributed by atoms with E-state index in [0.29, 0.717) is 5.16 Å². The van der Waals surface area contributed by atoms with Gasteiger partial charge in [-0.15, -0.1) is 0 Å². The van der Waals surface area contributed by atoms with Gasteiger partial charge in [-0.05, 0) is 56.2 Å². The Kier molecular flexibility index (Phi) is 6.50. The number of unbranched alkanes of at least 4 members (excludes halogenated alkanes) is 1. The van der Waals surface area contributed by atoms with Gasteiger partial charge in [0.05, 0.1) is 11.4 Å². The molecule has 6 heteroatoms. The molecule has 26 heavy (non-hydrogen) atoms. The number of amides is 1. The van der Waals surface area contributed by atoms with Gasteiger partial charge in [0, 0.05) is 11.3 Å². The highest BCUT2D eigenvalue weighted by molar-refractivity contribution is 7.99. The summed E-state index contributed by atoms with van der Waals surface area (Å²) < 4.78 is 0. The quantitative estimate of drug-likeness (QED) is 0.574. The molecule has 0 atom stereocenters. The normalized spacial score (nSPS) is 13.3. The van der Waals surface area contributed by atoms with Gasteiger partial charge in [-0.1, -0.05) is 37.2 Å². The van der Waals surface area contributed by atoms with E-state index < -0.39 is 0 Å². The summed E-state index contributed by atoms with van der Waals surface area (Å²) in [6.07, 6.45) is 7.19. The smallest absolute Gasteiger partial charge is 0.254 e. The summed E-state index contributed by atoms with van der Waals surface area (Å²) in [4.78, 5) is 31.6. The van der Waals surface area contributed by atoms with Crippen LogP contribution in [0.1, 0.15) is 49.4 Å². The number of aromatic amines is 1. The molecule has 1 heterocycles. The molecule has 0 saturated carbocycles. The summed E-state index contributed by atoms with van der Waals surface area (Å²) in [6, 6.07) is 7.99. The standard InChI is InChI=1S/C20H25N3O2S/c1-2-3-6-14-9-11-15(12-10-14)21-18(24)13-26-20-22-17-8-5-4-7-16(17)19(25)23-20/h9-12H,2-8,13H2,1H3,(H,21,24)(H,22,23,25). The fourth-order valence-corrected chi connectivity index (χ4v) is 3.80. The summed E-state index contributed by atoms with van der Waals surface area (Å²) in [7, 11) is 0. The van der Waals surface area contributed by atoms with Crippen LogP contribution in [0.3, 0.4) is 0 Å². The SMILES string of the molecule is CCCCc1ccc(NC(=O)CSc2nc3c(c(=O)[nH]2)CCCC3)cc1. The number of aryl methyl sites for hydroxylation is 2. The van der Waals surface area contributed by atoms with Crippen LogP contribution in [0.15, 0.2) is 34.2 Å². The van der Waals surface area contributed by atoms with Crippen LogP contribution in [0.2, 0.25) is 0 Å². The molecule has 1 aromatic heterocycles. The van der Waals surface area contributed by atoms with Gasteiger partial charge in [-0.25, -0.2) is 4.98 Å². The van der Waals surface area contributed by atoms with E-state index in [1.165, 1.54) is 30.2 Å². The van der Waals surface area contributed by atoms with E-state index in [9.17, 15) is 9.59 Å². The van der Waals surface area contributed by atoms with E-state index in [-0.39, 0.29) is 17.2 Å². The van der Waals surface area contributed by atoms with E-state index in [1.807, 2.05) is 12.1 Å². The van der Waals surface area contributed by atoms with E-state index >= 15 is 0 Å². The van der Waals surface area contributed by atoms with Crippen molar-refractivity contribution < 1.29 is 4.79 Å². The van der Waals surface area contributed by atoms with Crippen LogP contribution in [-0.2, 0) is 24.1 Å². The fraction of sp³-hybridized carbons (Fsp3) is 0.450. The Morgan fingerprint density at radius 2 is 2.00 bits per heavy atom. The van der Waals surface area contributed by atoms with Gasteiger partial charge in [-0.2, -0.15) is 0 Å². The number of H-pyrrole nitrogens is 1. The second-order valence-corrected chi connectivity index (χ2v) is 7.60. The first-order valence-corrected chi connectivity index (χ1v) is 10.3. The molecule has 1 amide bonds. The van der Waals surface area contributed by atoms with Crippen molar-refractivity contribution in [2.45, 2.75) is 57.0 Å². The number of thioether (sulfide) groups is 1. The predicted molar refractivity (Wildman–Crippen MR) is 106 cm³/mol. The first kappa shape index (κ1) is 18.7. The van der Waals surface area contributed by atoms with Crippen molar-refractivity contribution in [3.05, 3.63) is 51.4 Å². The van der Waals surface area contributed by atoms with Gasteiger partial charge in [0.2, 0.25) is 5.91 Å². The Balaban J connectivity index is 1.54. The first-order chi connectivity index (χ1) is 12.7. The second-order valence-electron chi connectivity index (χ2n) is 6.64. The molecule has 0 radical (unpaired) electrons. The monoisotopic (exact) mass is 371 g/mol. The van der Waals surface area contributed by atoms with Crippen LogP contribution < -0.4 is 10.9 Å². The number of anilines is 1. The molecule has 5 nitrogen and oxygen atoms in total. The Hall–Kier alpha value is -2.08. The molecule has 0 spiro atoms. The summed E-state index contributed by atoms with van der Waals surface area (Å²) in [5, 5.41) is 3.42. The van der Waals surface area contributed by atoms with Gasteiger partial charge in [0.1, 0.15) is 0 Å². The van der Waals surface area contributed by atoms with Gasteiger partial charge < -0.3 is 10.3 Å². The number of rotatable bonds is 7. The molecule has 138 valence electrons. The molecule has 3 rings (SSSR count). The van der Waals surface area contributed by atoms with E-state index in [2.05, 4.69) is 34.3 Å². The van der Waals surface area contributed by atoms with E-state index in [0.717, 1.165) is 49.0 Å². The molecule has 2 N–H and O–H groups in total. The topological polar surface area (TPSA) is 74.8 Å². The molecule has 0 unspecified atom stereocenters. The van der Waals surface area contributed by atoms with Crippen LogP contribution in [0.25, 0.3) is 0 Å². The molecule has 1 aliphatic carbocycles. The fourth-order valence-electron chi connectivity index (χ4n) is 3.12. The van der Waals surface area contributed by atoms with Crippen LogP contribution in [-0.4, -0.2) is 21.6 Å². The number of benzene rings is 1. The van der Waals surface area contributed by atoms with Crippen molar-refractivity contribution in [3.8, 4) is 0 Å². The molecular weight excluding hydrogens is 346 g/mol. The lowest BCUT2D eigenvalue weighted by Gasteiger charge is -2.14. The largest absolute Gasteiger partial charge is 0.325 e. The lowest BCUT2D eigenvalue weighted by atomic mass is 9.97. The Morgan fingerprint density at radius 1 is 1.23 bits per heavy atom. The predicted octanol–water partition coefficient (Wildman–Crippen LogP) is 3.72. The zero-order valence-corrected chi connectivity index (χ0v) is 16.0. The maximum atomic E-state index is 12.2. The summed E-state index contributed by atoms with van der Waals surface area (Å²) in [5.74, 6) is 0.121. The third-order valence-electron chi connectivity index (χ3n) is 4.57. The van der Waals surface area contributed by atoms with Crippen LogP contribution in [0.5, 0.6) is 0 Å². The van der Waals surface area contributed by atoms with Gasteiger partial charge >= 0.3 is 0 Å². The Labute approximate surface area is 158 Å². The lowest BCUT2D eigenvalue weighted by molar-refractivity contribution is -0.113. The van der Waals surface area contributed by atoms with Gasteiger partial charge in [0.15, 0.2) is 5.16 Å². The third-order valence-corrected chi connectivity index (χ3v) is 5.44. The Bertz CT molecular complexity index is 815. The number of aromatic nitrogens is 2. The second kappa shape index (κ2) is 9.03. The highest BCUT2D eigenvalue weighted by Gasteiger charge is 2.16. The highest BCUT2D eigenvalue weighted by Crippen LogP contribution is 2.19. The Morgan fingerprint density at radius 3 is 2.77 bits per heavy atom. The third kappa shape index (κ3) is 4.97. The van der Waals surface area contributed by atoms with E-state index in [4.69, 9.17) is 0 Å². The van der Waals surface area contributed by atoms with Crippen molar-refractivity contribution in [2.75, 3.05) is 11.1 Å². The maximum absolute atomic E-state index is 12.2. The number of hydrogen-bond acceptors (Lipinski definition) is 4. The number of fused-ring (bicyclic) bond motifs is 1. The summed E-state index contributed by atoms with van der Waals surface area (Å²) >= 11 is 1.27. The van der Waals surface area contributed by atoms with Crippen molar-refractivity contribution in [3.63, 3.8) is 0 Å². The summed E-state index contributed by atoms with van der Waals surface area (Å²) in [6.45, 7) is 2.18. The van der Waals surface area contributed by atoms with Gasteiger partial charge in [0.25, 0.3) is 5.56 Å². The van der Waals surface area contributed by atoms with Crippen molar-refractivity contribution >= 4 is 23.4 Å². The molecular formula is C20H25N3O2S. The molecule has 1 aliphatic rings. The summed E-state index contributed by atoms with van der Waals surface area (Å²) in [5.41, 5.74) is 3.73. The van der Waals surface area contributed by atoms with Gasteiger partial charge in [-0.3, -0.25) is 9.59 Å². The average molecular weight is 372 g/mol. The number of nitrogens with zero attached hydrogens (tertiary/aromatic N) is 1. The zero-order valence-electron chi connectivity index (χ0n) is 15.1. The zero-order chi connectivity index (χ0) is 18.4. The minimum Gasteiger partial charge on any atom is -0.325 e. The van der Waals surface area contributed by atoms with Crippen LogP contribution in [0, 0.1) is 0 Å². The minimum atomic E-state index is -0.100. The minimum absolute atomic E-state index is 0.0553.